The fraction of sp³-hybridized carbons (Fsp3) is 0.190. The molecule has 136 valence electrons. The quantitative estimate of drug-likeness (QED) is 0.437. The summed E-state index contributed by atoms with van der Waals surface area (Å²) in [6.07, 6.45) is 1.78. The summed E-state index contributed by atoms with van der Waals surface area (Å²) in [6, 6.07) is 20.3. The Kier molecular flexibility index (Phi) is 5.34. The second-order valence-corrected chi connectivity index (χ2v) is 6.98. The van der Waals surface area contributed by atoms with E-state index >= 15 is 0 Å². The van der Waals surface area contributed by atoms with Gasteiger partial charge in [0.1, 0.15) is 17.9 Å². The summed E-state index contributed by atoms with van der Waals surface area (Å²) in [5.74, 6) is 2.45. The second-order valence-electron chi connectivity index (χ2n) is 6.04. The molecule has 0 atom stereocenters. The first-order valence-electron chi connectivity index (χ1n) is 8.90. The summed E-state index contributed by atoms with van der Waals surface area (Å²) in [6.45, 7) is 3.26. The highest BCUT2D eigenvalue weighted by Crippen LogP contribution is 2.25. The Hall–Kier alpha value is -2.86. The number of hydrogen-bond donors (Lipinski definition) is 0. The summed E-state index contributed by atoms with van der Waals surface area (Å²) in [4.78, 5) is 4.43. The SMILES string of the molecule is CCn1c(COc2cccc3cccnc23)nnc1SCc1ccccc1. The molecule has 0 bridgehead atoms. The van der Waals surface area contributed by atoms with E-state index in [1.54, 1.807) is 18.0 Å². The number of ether oxygens (including phenoxy) is 1. The van der Waals surface area contributed by atoms with Crippen LogP contribution in [0.1, 0.15) is 18.3 Å². The number of para-hydroxylation sites is 1. The lowest BCUT2D eigenvalue weighted by Gasteiger charge is -2.10. The molecule has 0 aliphatic carbocycles. The summed E-state index contributed by atoms with van der Waals surface area (Å²) in [5.41, 5.74) is 2.13. The van der Waals surface area contributed by atoms with E-state index in [-0.39, 0.29) is 0 Å². The van der Waals surface area contributed by atoms with Gasteiger partial charge in [-0.25, -0.2) is 0 Å². The molecule has 0 saturated heterocycles. The van der Waals surface area contributed by atoms with Crippen LogP contribution in [0.3, 0.4) is 0 Å². The second kappa shape index (κ2) is 8.22. The van der Waals surface area contributed by atoms with Crippen molar-refractivity contribution < 1.29 is 4.74 Å². The molecule has 0 aliphatic rings. The van der Waals surface area contributed by atoms with Gasteiger partial charge in [-0.1, -0.05) is 60.3 Å². The van der Waals surface area contributed by atoms with Crippen LogP contribution in [0.4, 0.5) is 0 Å². The van der Waals surface area contributed by atoms with Crippen molar-refractivity contribution in [2.75, 3.05) is 0 Å². The maximum absolute atomic E-state index is 6.03. The van der Waals surface area contributed by atoms with E-state index in [0.29, 0.717) is 6.61 Å². The van der Waals surface area contributed by atoms with Gasteiger partial charge in [0, 0.05) is 23.9 Å². The maximum atomic E-state index is 6.03. The van der Waals surface area contributed by atoms with Crippen molar-refractivity contribution in [1.82, 2.24) is 19.7 Å². The summed E-state index contributed by atoms with van der Waals surface area (Å²) in [5, 5.41) is 10.7. The van der Waals surface area contributed by atoms with Gasteiger partial charge in [-0.3, -0.25) is 4.98 Å². The molecule has 0 aliphatic heterocycles. The average molecular weight is 376 g/mol. The minimum atomic E-state index is 0.364. The molecule has 0 fully saturated rings. The normalized spacial score (nSPS) is 11.0. The highest BCUT2D eigenvalue weighted by Gasteiger charge is 2.13. The molecule has 0 N–H and O–H groups in total. The molecule has 4 rings (SSSR count). The zero-order valence-electron chi connectivity index (χ0n) is 15.1. The van der Waals surface area contributed by atoms with Gasteiger partial charge in [-0.2, -0.15) is 0 Å². The number of thioether (sulfide) groups is 1. The van der Waals surface area contributed by atoms with Crippen LogP contribution in [0.15, 0.2) is 72.0 Å². The first-order valence-corrected chi connectivity index (χ1v) is 9.89. The monoisotopic (exact) mass is 376 g/mol. The predicted molar refractivity (Wildman–Crippen MR) is 108 cm³/mol. The van der Waals surface area contributed by atoms with Gasteiger partial charge < -0.3 is 9.30 Å². The van der Waals surface area contributed by atoms with E-state index in [4.69, 9.17) is 4.74 Å². The Morgan fingerprint density at radius 1 is 0.963 bits per heavy atom. The topological polar surface area (TPSA) is 52.8 Å². The Balaban J connectivity index is 1.48. The summed E-state index contributed by atoms with van der Waals surface area (Å²) in [7, 11) is 0. The minimum absolute atomic E-state index is 0.364. The van der Waals surface area contributed by atoms with E-state index < -0.39 is 0 Å². The Bertz CT molecular complexity index is 1030. The Morgan fingerprint density at radius 2 is 1.81 bits per heavy atom. The number of hydrogen-bond acceptors (Lipinski definition) is 5. The average Bonchev–Trinajstić information content (AvgIpc) is 3.13. The molecule has 0 amide bonds. The molecule has 2 aromatic carbocycles. The van der Waals surface area contributed by atoms with Crippen LogP contribution >= 0.6 is 11.8 Å². The summed E-state index contributed by atoms with van der Waals surface area (Å²) >= 11 is 1.69. The molecule has 6 heteroatoms. The van der Waals surface area contributed by atoms with Gasteiger partial charge in [-0.15, -0.1) is 10.2 Å². The lowest BCUT2D eigenvalue weighted by molar-refractivity contribution is 0.291. The van der Waals surface area contributed by atoms with Crippen molar-refractivity contribution in [2.24, 2.45) is 0 Å². The van der Waals surface area contributed by atoms with E-state index in [9.17, 15) is 0 Å². The van der Waals surface area contributed by atoms with Crippen LogP contribution in [0.2, 0.25) is 0 Å². The maximum Gasteiger partial charge on any atom is 0.191 e. The number of fused-ring (bicyclic) bond motifs is 1. The predicted octanol–water partition coefficient (Wildman–Crippen LogP) is 4.72. The van der Waals surface area contributed by atoms with E-state index in [1.807, 2.05) is 36.4 Å². The number of aromatic nitrogens is 4. The molecule has 27 heavy (non-hydrogen) atoms. The molecule has 2 heterocycles. The third kappa shape index (κ3) is 3.95. The van der Waals surface area contributed by atoms with E-state index in [1.165, 1.54) is 5.56 Å². The van der Waals surface area contributed by atoms with Crippen LogP contribution in [0.25, 0.3) is 10.9 Å². The van der Waals surface area contributed by atoms with Crippen LogP contribution in [0, 0.1) is 0 Å². The van der Waals surface area contributed by atoms with Gasteiger partial charge >= 0.3 is 0 Å². The van der Waals surface area contributed by atoms with Gasteiger partial charge in [0.05, 0.1) is 0 Å². The molecule has 5 nitrogen and oxygen atoms in total. The first-order chi connectivity index (χ1) is 13.3. The van der Waals surface area contributed by atoms with Gasteiger partial charge in [0.15, 0.2) is 11.0 Å². The molecule has 4 aromatic rings. The third-order valence-corrected chi connectivity index (χ3v) is 5.31. The van der Waals surface area contributed by atoms with Crippen LogP contribution in [-0.2, 0) is 18.9 Å². The van der Waals surface area contributed by atoms with Crippen LogP contribution < -0.4 is 4.74 Å². The Morgan fingerprint density at radius 3 is 2.67 bits per heavy atom. The molecule has 0 unspecified atom stereocenters. The minimum Gasteiger partial charge on any atom is -0.483 e. The van der Waals surface area contributed by atoms with Crippen molar-refractivity contribution in [3.8, 4) is 5.75 Å². The number of benzene rings is 2. The highest BCUT2D eigenvalue weighted by atomic mass is 32.2. The van der Waals surface area contributed by atoms with Gasteiger partial charge in [-0.05, 0) is 24.6 Å². The van der Waals surface area contributed by atoms with E-state index in [2.05, 4.69) is 50.9 Å². The third-order valence-electron chi connectivity index (χ3n) is 4.27. The van der Waals surface area contributed by atoms with Gasteiger partial charge in [0.25, 0.3) is 0 Å². The number of pyridine rings is 1. The Labute approximate surface area is 162 Å². The standard InChI is InChI=1S/C21H20N4OS/c1-2-25-19(23-24-21(25)27-15-16-8-4-3-5-9-16)14-26-18-12-6-10-17-11-7-13-22-20(17)18/h3-13H,2,14-15H2,1H3. The summed E-state index contributed by atoms with van der Waals surface area (Å²) < 4.78 is 8.13. The first kappa shape index (κ1) is 17.5. The molecule has 0 radical (unpaired) electrons. The fourth-order valence-electron chi connectivity index (χ4n) is 2.91. The van der Waals surface area contributed by atoms with Crippen LogP contribution in [0.5, 0.6) is 5.75 Å². The zero-order chi connectivity index (χ0) is 18.5. The smallest absolute Gasteiger partial charge is 0.191 e. The largest absolute Gasteiger partial charge is 0.483 e. The molecule has 0 spiro atoms. The molecular weight excluding hydrogens is 356 g/mol. The van der Waals surface area contributed by atoms with Crippen molar-refractivity contribution in [2.45, 2.75) is 31.0 Å². The van der Waals surface area contributed by atoms with Crippen molar-refractivity contribution >= 4 is 22.7 Å². The number of rotatable bonds is 7. The molecule has 0 saturated carbocycles. The highest BCUT2D eigenvalue weighted by molar-refractivity contribution is 7.98. The van der Waals surface area contributed by atoms with Crippen LogP contribution in [-0.4, -0.2) is 19.7 Å². The molecule has 2 aromatic heterocycles. The lowest BCUT2D eigenvalue weighted by atomic mass is 10.2. The van der Waals surface area contributed by atoms with Crippen molar-refractivity contribution in [3.05, 3.63) is 78.2 Å². The lowest BCUT2D eigenvalue weighted by Crippen LogP contribution is -2.07. The molecular formula is C21H20N4OS. The number of nitrogens with zero attached hydrogens (tertiary/aromatic N) is 4. The fourth-order valence-corrected chi connectivity index (χ4v) is 3.88. The zero-order valence-corrected chi connectivity index (χ0v) is 15.9. The van der Waals surface area contributed by atoms with E-state index in [0.717, 1.165) is 39.9 Å². The van der Waals surface area contributed by atoms with Gasteiger partial charge in [0.2, 0.25) is 0 Å². The van der Waals surface area contributed by atoms with Crippen molar-refractivity contribution in [3.63, 3.8) is 0 Å². The van der Waals surface area contributed by atoms with Crippen molar-refractivity contribution in [1.29, 1.82) is 0 Å².